The van der Waals surface area contributed by atoms with E-state index >= 15 is 0 Å². The van der Waals surface area contributed by atoms with Gasteiger partial charge in [0.2, 0.25) is 0 Å². The molecule has 0 rings (SSSR count). The monoisotopic (exact) mass is 214 g/mol. The van der Waals surface area contributed by atoms with Gasteiger partial charge in [0.15, 0.2) is 0 Å². The van der Waals surface area contributed by atoms with Gasteiger partial charge in [-0.05, 0) is 18.4 Å². The lowest BCUT2D eigenvalue weighted by atomic mass is 10.2. The van der Waals surface area contributed by atoms with Gasteiger partial charge in [-0.1, -0.05) is 25.4 Å². The van der Waals surface area contributed by atoms with Crippen LogP contribution in [0.5, 0.6) is 0 Å². The first-order valence-corrected chi connectivity index (χ1v) is 5.39. The third-order valence-corrected chi connectivity index (χ3v) is 2.19. The van der Waals surface area contributed by atoms with E-state index in [2.05, 4.69) is 24.8 Å². The van der Waals surface area contributed by atoms with Crippen LogP contribution in [0.2, 0.25) is 0 Å². The van der Waals surface area contributed by atoms with E-state index in [-0.39, 0.29) is 0 Å². The van der Waals surface area contributed by atoms with Crippen molar-refractivity contribution in [3.8, 4) is 6.07 Å². The number of hydrogen-bond acceptors (Lipinski definition) is 2. The number of nitriles is 1. The lowest BCUT2D eigenvalue weighted by Crippen LogP contribution is -2.30. The molecule has 0 radical (unpaired) electrons. The molecule has 0 spiro atoms. The van der Waals surface area contributed by atoms with Gasteiger partial charge >= 0.3 is 0 Å². The highest BCUT2D eigenvalue weighted by atomic mass is 35.5. The Morgan fingerprint density at radius 1 is 1.57 bits per heavy atom. The summed E-state index contributed by atoms with van der Waals surface area (Å²) in [5.41, 5.74) is 2.75. The van der Waals surface area contributed by atoms with Gasteiger partial charge in [-0.3, -0.25) is 4.90 Å². The summed E-state index contributed by atoms with van der Waals surface area (Å²) in [6.07, 6.45) is 0.586. The maximum Gasteiger partial charge on any atom is 0.0635 e. The second kappa shape index (κ2) is 7.84. The largest absolute Gasteiger partial charge is 0.298 e. The molecule has 2 nitrogen and oxygen atoms in total. The van der Waals surface area contributed by atoms with Crippen LogP contribution in [-0.4, -0.2) is 24.5 Å². The van der Waals surface area contributed by atoms with Crippen LogP contribution in [0.25, 0.3) is 0 Å². The zero-order valence-electron chi connectivity index (χ0n) is 9.26. The summed E-state index contributed by atoms with van der Waals surface area (Å²) in [5.74, 6) is 0.622. The third-order valence-electron chi connectivity index (χ3n) is 1.82. The van der Waals surface area contributed by atoms with Gasteiger partial charge in [0.1, 0.15) is 0 Å². The van der Waals surface area contributed by atoms with E-state index in [1.165, 1.54) is 0 Å². The fourth-order valence-electron chi connectivity index (χ4n) is 1.35. The van der Waals surface area contributed by atoms with Gasteiger partial charge in [-0.15, -0.1) is 0 Å². The van der Waals surface area contributed by atoms with Crippen molar-refractivity contribution >= 4 is 11.6 Å². The third kappa shape index (κ3) is 6.94. The lowest BCUT2D eigenvalue weighted by molar-refractivity contribution is 0.269. The maximum absolute atomic E-state index is 8.52. The Morgan fingerprint density at radius 2 is 2.21 bits per heavy atom. The van der Waals surface area contributed by atoms with E-state index in [9.17, 15) is 0 Å². The highest BCUT2D eigenvalue weighted by molar-refractivity contribution is 6.25. The molecule has 0 aliphatic carbocycles. The van der Waals surface area contributed by atoms with E-state index in [0.717, 1.165) is 25.2 Å². The summed E-state index contributed by atoms with van der Waals surface area (Å²) < 4.78 is 0. The molecule has 3 heteroatoms. The molecule has 0 aromatic rings. The molecule has 0 N–H and O–H groups in total. The fraction of sp³-hybridized carbons (Fsp3) is 0.727. The number of halogens is 1. The van der Waals surface area contributed by atoms with E-state index < -0.39 is 0 Å². The minimum absolute atomic E-state index is 0.586. The molecule has 14 heavy (non-hydrogen) atoms. The number of hydrogen-bond donors (Lipinski definition) is 0. The summed E-state index contributed by atoms with van der Waals surface area (Å²) in [7, 11) is 0. The van der Waals surface area contributed by atoms with Crippen LogP contribution >= 0.6 is 11.6 Å². The maximum atomic E-state index is 8.52. The van der Waals surface area contributed by atoms with E-state index in [1.807, 2.05) is 6.92 Å². The molecule has 0 amide bonds. The van der Waals surface area contributed by atoms with Crippen molar-refractivity contribution in [2.75, 3.05) is 19.6 Å². The molecule has 0 aliphatic heterocycles. The van der Waals surface area contributed by atoms with Crippen LogP contribution < -0.4 is 0 Å². The standard InChI is InChI=1S/C11H19ClN2/c1-10(2)8-14(6-4-5-13)9-11(3)7-12/h7,10H,4,6,8-9H2,1-3H3. The summed E-state index contributed by atoms with van der Waals surface area (Å²) in [6.45, 7) is 9.08. The van der Waals surface area contributed by atoms with Crippen molar-refractivity contribution in [1.29, 1.82) is 5.26 Å². The Kier molecular flexibility index (Phi) is 7.55. The molecule has 0 heterocycles. The smallest absolute Gasteiger partial charge is 0.0635 e. The molecule has 0 saturated carbocycles. The first kappa shape index (κ1) is 13.5. The Balaban J connectivity index is 4.04. The van der Waals surface area contributed by atoms with Gasteiger partial charge in [0.05, 0.1) is 6.07 Å². The Labute approximate surface area is 92.2 Å². The molecule has 0 aliphatic rings. The summed E-state index contributed by atoms with van der Waals surface area (Å²) in [4.78, 5) is 2.27. The van der Waals surface area contributed by atoms with Gasteiger partial charge in [-0.2, -0.15) is 5.26 Å². The molecule has 0 bridgehead atoms. The minimum atomic E-state index is 0.586. The first-order chi connectivity index (χ1) is 6.60. The highest BCUT2D eigenvalue weighted by Gasteiger charge is 2.07. The lowest BCUT2D eigenvalue weighted by Gasteiger charge is -2.23. The van der Waals surface area contributed by atoms with Gasteiger partial charge < -0.3 is 0 Å². The first-order valence-electron chi connectivity index (χ1n) is 4.95. The molecular weight excluding hydrogens is 196 g/mol. The van der Waals surface area contributed by atoms with E-state index in [1.54, 1.807) is 5.54 Å². The zero-order valence-corrected chi connectivity index (χ0v) is 10.0. The summed E-state index contributed by atoms with van der Waals surface area (Å²) in [5, 5.41) is 8.52. The van der Waals surface area contributed by atoms with E-state index in [0.29, 0.717) is 12.3 Å². The Hall–Kier alpha value is -0.520. The van der Waals surface area contributed by atoms with E-state index in [4.69, 9.17) is 16.9 Å². The molecule has 0 atom stereocenters. The van der Waals surface area contributed by atoms with Crippen molar-refractivity contribution in [2.24, 2.45) is 5.92 Å². The van der Waals surface area contributed by atoms with Crippen molar-refractivity contribution in [3.05, 3.63) is 11.1 Å². The van der Waals surface area contributed by atoms with Crippen molar-refractivity contribution in [1.82, 2.24) is 4.90 Å². The molecule has 0 aromatic heterocycles. The van der Waals surface area contributed by atoms with Gasteiger partial charge in [-0.25, -0.2) is 0 Å². The van der Waals surface area contributed by atoms with Crippen LogP contribution in [0, 0.1) is 17.2 Å². The van der Waals surface area contributed by atoms with Crippen molar-refractivity contribution in [3.63, 3.8) is 0 Å². The normalized spacial score (nSPS) is 12.2. The molecule has 80 valence electrons. The average Bonchev–Trinajstić information content (AvgIpc) is 2.13. The highest BCUT2D eigenvalue weighted by Crippen LogP contribution is 2.05. The fourth-order valence-corrected chi connectivity index (χ4v) is 1.42. The Morgan fingerprint density at radius 3 is 2.64 bits per heavy atom. The second-order valence-electron chi connectivity index (χ2n) is 3.99. The zero-order chi connectivity index (χ0) is 11.0. The van der Waals surface area contributed by atoms with Gasteiger partial charge in [0.25, 0.3) is 0 Å². The predicted octanol–water partition coefficient (Wildman–Crippen LogP) is 3.00. The van der Waals surface area contributed by atoms with Crippen LogP contribution in [-0.2, 0) is 0 Å². The number of rotatable bonds is 6. The molecule has 0 aromatic carbocycles. The average molecular weight is 215 g/mol. The second-order valence-corrected chi connectivity index (χ2v) is 4.21. The Bertz CT molecular complexity index is 216. The van der Waals surface area contributed by atoms with Crippen LogP contribution in [0.1, 0.15) is 27.2 Å². The molecular formula is C11H19ClN2. The van der Waals surface area contributed by atoms with Crippen molar-refractivity contribution in [2.45, 2.75) is 27.2 Å². The minimum Gasteiger partial charge on any atom is -0.298 e. The van der Waals surface area contributed by atoms with Gasteiger partial charge in [0, 0.05) is 31.6 Å². The summed E-state index contributed by atoms with van der Waals surface area (Å²) in [6, 6.07) is 2.17. The van der Waals surface area contributed by atoms with Crippen molar-refractivity contribution < 1.29 is 0 Å². The van der Waals surface area contributed by atoms with Crippen LogP contribution in [0.3, 0.4) is 0 Å². The van der Waals surface area contributed by atoms with Crippen LogP contribution in [0.15, 0.2) is 11.1 Å². The van der Waals surface area contributed by atoms with Crippen LogP contribution in [0.4, 0.5) is 0 Å². The molecule has 0 unspecified atom stereocenters. The predicted molar refractivity (Wildman–Crippen MR) is 61.1 cm³/mol. The SMILES string of the molecule is CC(=CCl)CN(CCC#N)CC(C)C. The summed E-state index contributed by atoms with van der Waals surface area (Å²) >= 11 is 5.61. The molecule has 0 fully saturated rings. The molecule has 0 saturated heterocycles. The quantitative estimate of drug-likeness (QED) is 0.680. The number of nitrogens with zero attached hydrogens (tertiary/aromatic N) is 2. The topological polar surface area (TPSA) is 27.0 Å².